The van der Waals surface area contributed by atoms with Crippen molar-refractivity contribution in [3.05, 3.63) is 77.4 Å². The number of ketones is 1. The van der Waals surface area contributed by atoms with Gasteiger partial charge in [0.25, 0.3) is 5.91 Å². The molecule has 1 atom stereocenters. The zero-order valence-corrected chi connectivity index (χ0v) is 18.3. The van der Waals surface area contributed by atoms with Crippen LogP contribution in [-0.4, -0.2) is 37.9 Å². The summed E-state index contributed by atoms with van der Waals surface area (Å²) in [6, 6.07) is 19.5. The maximum Gasteiger partial charge on any atom is 0.252 e. The number of amides is 1. The molecule has 0 radical (unpaired) electrons. The third-order valence-corrected chi connectivity index (χ3v) is 6.26. The van der Waals surface area contributed by atoms with Crippen LogP contribution in [0.5, 0.6) is 0 Å². The van der Waals surface area contributed by atoms with Gasteiger partial charge in [-0.1, -0.05) is 55.5 Å². The van der Waals surface area contributed by atoms with E-state index in [0.29, 0.717) is 18.0 Å². The van der Waals surface area contributed by atoms with Gasteiger partial charge in [-0.15, -0.1) is 0 Å². The number of hydrogen-bond acceptors (Lipinski definition) is 4. The lowest BCUT2D eigenvalue weighted by Gasteiger charge is -2.37. The molecule has 1 amide bonds. The molecule has 5 heteroatoms. The summed E-state index contributed by atoms with van der Waals surface area (Å²) in [6.45, 7) is 5.65. The quantitative estimate of drug-likeness (QED) is 0.612. The number of benzene rings is 3. The summed E-state index contributed by atoms with van der Waals surface area (Å²) < 4.78 is 0. The molecule has 1 saturated heterocycles. The van der Waals surface area contributed by atoms with E-state index in [9.17, 15) is 9.59 Å². The zero-order valence-electron chi connectivity index (χ0n) is 18.3. The van der Waals surface area contributed by atoms with Crippen molar-refractivity contribution in [3.63, 3.8) is 0 Å². The van der Waals surface area contributed by atoms with E-state index in [1.807, 2.05) is 74.5 Å². The first-order valence-electron chi connectivity index (χ1n) is 10.8. The Morgan fingerprint density at radius 3 is 2.55 bits per heavy atom. The standard InChI is InChI=1S/C26H29N3O2/c1-4-24(30)25(22-11-7-9-18-8-5-6-10-21(18)22)28-26(31)23-14-19(13-12-17(23)2)29(3)20-15-27-16-20/h5-14,20,25,27H,4,15-16H2,1-3H3,(H,28,31). The Labute approximate surface area is 183 Å². The molecule has 5 nitrogen and oxygen atoms in total. The molecule has 2 N–H and O–H groups in total. The van der Waals surface area contributed by atoms with E-state index in [-0.39, 0.29) is 11.7 Å². The molecule has 3 aromatic carbocycles. The molecule has 1 unspecified atom stereocenters. The van der Waals surface area contributed by atoms with Gasteiger partial charge < -0.3 is 15.5 Å². The molecular weight excluding hydrogens is 386 g/mol. The van der Waals surface area contributed by atoms with Crippen LogP contribution in [0.2, 0.25) is 0 Å². The second-order valence-electron chi connectivity index (χ2n) is 8.22. The van der Waals surface area contributed by atoms with Crippen LogP contribution in [0.3, 0.4) is 0 Å². The van der Waals surface area contributed by atoms with Gasteiger partial charge in [-0.25, -0.2) is 0 Å². The maximum atomic E-state index is 13.3. The van der Waals surface area contributed by atoms with Crippen LogP contribution in [0.4, 0.5) is 5.69 Å². The first kappa shape index (κ1) is 21.1. The first-order chi connectivity index (χ1) is 15.0. The van der Waals surface area contributed by atoms with Crippen molar-refractivity contribution in [2.24, 2.45) is 0 Å². The van der Waals surface area contributed by atoms with E-state index in [1.165, 1.54) is 0 Å². The van der Waals surface area contributed by atoms with Crippen LogP contribution < -0.4 is 15.5 Å². The Morgan fingerprint density at radius 2 is 1.84 bits per heavy atom. The van der Waals surface area contributed by atoms with Crippen LogP contribution >= 0.6 is 0 Å². The number of likely N-dealkylation sites (N-methyl/N-ethyl adjacent to an activating group) is 1. The third kappa shape index (κ3) is 4.19. The fourth-order valence-corrected chi connectivity index (χ4v) is 4.08. The molecule has 1 fully saturated rings. The van der Waals surface area contributed by atoms with E-state index >= 15 is 0 Å². The molecule has 0 aromatic heterocycles. The molecule has 3 aromatic rings. The van der Waals surface area contributed by atoms with Crippen molar-refractivity contribution >= 4 is 28.2 Å². The average Bonchev–Trinajstić information content (AvgIpc) is 2.75. The molecule has 1 heterocycles. The topological polar surface area (TPSA) is 61.4 Å². The van der Waals surface area contributed by atoms with Gasteiger partial charge in [0.15, 0.2) is 5.78 Å². The number of hydrogen-bond donors (Lipinski definition) is 2. The highest BCUT2D eigenvalue weighted by Crippen LogP contribution is 2.27. The van der Waals surface area contributed by atoms with E-state index in [1.54, 1.807) is 0 Å². The molecule has 0 aliphatic carbocycles. The van der Waals surface area contributed by atoms with Gasteiger partial charge >= 0.3 is 0 Å². The first-order valence-corrected chi connectivity index (χ1v) is 10.8. The lowest BCUT2D eigenvalue weighted by Crippen LogP contribution is -2.56. The fourth-order valence-electron chi connectivity index (χ4n) is 4.08. The lowest BCUT2D eigenvalue weighted by atomic mass is 9.94. The number of aryl methyl sites for hydroxylation is 1. The van der Waals surface area contributed by atoms with Gasteiger partial charge in [0.1, 0.15) is 6.04 Å². The van der Waals surface area contributed by atoms with Crippen molar-refractivity contribution < 1.29 is 9.59 Å². The maximum absolute atomic E-state index is 13.3. The highest BCUT2D eigenvalue weighted by molar-refractivity contribution is 6.01. The monoisotopic (exact) mass is 415 g/mol. The van der Waals surface area contributed by atoms with E-state index in [2.05, 4.69) is 22.6 Å². The van der Waals surface area contributed by atoms with Gasteiger partial charge in [0.05, 0.1) is 6.04 Å². The van der Waals surface area contributed by atoms with E-state index in [0.717, 1.165) is 40.7 Å². The van der Waals surface area contributed by atoms with Crippen LogP contribution in [0, 0.1) is 6.92 Å². The van der Waals surface area contributed by atoms with Crippen LogP contribution in [0.15, 0.2) is 60.7 Å². The smallest absolute Gasteiger partial charge is 0.252 e. The summed E-state index contributed by atoms with van der Waals surface area (Å²) in [4.78, 5) is 28.4. The number of nitrogens with one attached hydrogen (secondary N) is 2. The summed E-state index contributed by atoms with van der Waals surface area (Å²) in [7, 11) is 2.05. The minimum absolute atomic E-state index is 0.00355. The number of Topliss-reactive ketones (excluding diaryl/α,β-unsaturated/α-hetero) is 1. The number of anilines is 1. The van der Waals surface area contributed by atoms with E-state index in [4.69, 9.17) is 0 Å². The number of carbonyl (C=O) groups excluding carboxylic acids is 2. The number of carbonyl (C=O) groups is 2. The number of rotatable bonds is 7. The molecular formula is C26H29N3O2. The molecule has 160 valence electrons. The highest BCUT2D eigenvalue weighted by Gasteiger charge is 2.26. The minimum Gasteiger partial charge on any atom is -0.369 e. The lowest BCUT2D eigenvalue weighted by molar-refractivity contribution is -0.120. The average molecular weight is 416 g/mol. The van der Waals surface area contributed by atoms with Crippen molar-refractivity contribution in [1.29, 1.82) is 0 Å². The highest BCUT2D eigenvalue weighted by atomic mass is 16.2. The summed E-state index contributed by atoms with van der Waals surface area (Å²) in [5, 5.41) is 8.36. The van der Waals surface area contributed by atoms with E-state index < -0.39 is 6.04 Å². The Kier molecular flexibility index (Phi) is 6.05. The largest absolute Gasteiger partial charge is 0.369 e. The second-order valence-corrected chi connectivity index (χ2v) is 8.22. The molecule has 0 bridgehead atoms. The Balaban J connectivity index is 1.66. The molecule has 31 heavy (non-hydrogen) atoms. The molecule has 4 rings (SSSR count). The summed E-state index contributed by atoms with van der Waals surface area (Å²) in [5.41, 5.74) is 3.34. The van der Waals surface area contributed by atoms with Crippen molar-refractivity contribution in [3.8, 4) is 0 Å². The normalized spacial score (nSPS) is 14.7. The van der Waals surface area contributed by atoms with Crippen LogP contribution in [0.25, 0.3) is 10.8 Å². The fraction of sp³-hybridized carbons (Fsp3) is 0.308. The Morgan fingerprint density at radius 1 is 1.10 bits per heavy atom. The Hall–Kier alpha value is -3.18. The SMILES string of the molecule is CCC(=O)C(NC(=O)c1cc(N(C)C2CNC2)ccc1C)c1cccc2ccccc12. The van der Waals surface area contributed by atoms with Gasteiger partial charge in [0, 0.05) is 37.8 Å². The Bertz CT molecular complexity index is 1120. The summed E-state index contributed by atoms with van der Waals surface area (Å²) in [6.07, 6.45) is 0.352. The second kappa shape index (κ2) is 8.90. The van der Waals surface area contributed by atoms with Crippen molar-refractivity contribution in [2.75, 3.05) is 25.0 Å². The predicted molar refractivity (Wildman–Crippen MR) is 126 cm³/mol. The van der Waals surface area contributed by atoms with Gasteiger partial charge in [0.2, 0.25) is 0 Å². The molecule has 1 aliphatic rings. The van der Waals surface area contributed by atoms with Gasteiger partial charge in [-0.2, -0.15) is 0 Å². The third-order valence-electron chi connectivity index (χ3n) is 6.26. The minimum atomic E-state index is -0.680. The van der Waals surface area contributed by atoms with Crippen LogP contribution in [0.1, 0.15) is 40.9 Å². The summed E-state index contributed by atoms with van der Waals surface area (Å²) >= 11 is 0. The van der Waals surface area contributed by atoms with Crippen LogP contribution in [-0.2, 0) is 4.79 Å². The number of fused-ring (bicyclic) bond motifs is 1. The van der Waals surface area contributed by atoms with Crippen molar-refractivity contribution in [1.82, 2.24) is 10.6 Å². The number of nitrogens with zero attached hydrogens (tertiary/aromatic N) is 1. The molecule has 0 saturated carbocycles. The molecule has 0 spiro atoms. The van der Waals surface area contributed by atoms with Gasteiger partial charge in [-0.3, -0.25) is 9.59 Å². The predicted octanol–water partition coefficient (Wildman–Crippen LogP) is 4.01. The molecule has 1 aliphatic heterocycles. The van der Waals surface area contributed by atoms with Crippen molar-refractivity contribution in [2.45, 2.75) is 32.4 Å². The van der Waals surface area contributed by atoms with Gasteiger partial charge in [-0.05, 0) is 41.0 Å². The zero-order chi connectivity index (χ0) is 22.0. The summed E-state index contributed by atoms with van der Waals surface area (Å²) in [5.74, 6) is -0.226.